The number of rotatable bonds is 5. The van der Waals surface area contributed by atoms with Crippen LogP contribution in [0.25, 0.3) is 0 Å². The van der Waals surface area contributed by atoms with Crippen molar-refractivity contribution in [3.8, 4) is 6.07 Å². The summed E-state index contributed by atoms with van der Waals surface area (Å²) in [5, 5.41) is 30.4. The van der Waals surface area contributed by atoms with Crippen molar-refractivity contribution in [1.82, 2.24) is 4.98 Å². The lowest BCUT2D eigenvalue weighted by molar-refractivity contribution is 0.132. The minimum atomic E-state index is -0.811. The zero-order chi connectivity index (χ0) is 12.0. The first-order valence-electron chi connectivity index (χ1n) is 5.06. The van der Waals surface area contributed by atoms with Crippen molar-refractivity contribution in [2.75, 3.05) is 18.5 Å². The lowest BCUT2D eigenvalue weighted by Crippen LogP contribution is -2.45. The number of aliphatic hydroxyl groups excluding tert-OH is 2. The number of nitriles is 1. The van der Waals surface area contributed by atoms with Crippen LogP contribution in [0.3, 0.4) is 0 Å². The maximum Gasteiger partial charge on any atom is 0.163 e. The van der Waals surface area contributed by atoms with Gasteiger partial charge in [0.2, 0.25) is 0 Å². The Labute approximate surface area is 94.4 Å². The van der Waals surface area contributed by atoms with Crippen molar-refractivity contribution in [3.63, 3.8) is 0 Å². The molecular weight excluding hydrogens is 206 g/mol. The van der Waals surface area contributed by atoms with Gasteiger partial charge < -0.3 is 15.5 Å². The summed E-state index contributed by atoms with van der Waals surface area (Å²) in [5.41, 5.74) is -0.0357. The van der Waals surface area contributed by atoms with Gasteiger partial charge >= 0.3 is 0 Å². The number of hydrogen-bond donors (Lipinski definition) is 3. The quantitative estimate of drug-likeness (QED) is 0.673. The van der Waals surface area contributed by atoms with Crippen molar-refractivity contribution in [2.45, 2.75) is 18.9 Å². The molecule has 16 heavy (non-hydrogen) atoms. The second kappa shape index (κ2) is 5.45. The van der Waals surface area contributed by atoms with Gasteiger partial charge in [0.15, 0.2) is 5.69 Å². The van der Waals surface area contributed by atoms with Crippen LogP contribution in [0.5, 0.6) is 0 Å². The van der Waals surface area contributed by atoms with E-state index in [-0.39, 0.29) is 18.9 Å². The summed E-state index contributed by atoms with van der Waals surface area (Å²) < 4.78 is 0. The van der Waals surface area contributed by atoms with E-state index < -0.39 is 5.54 Å². The van der Waals surface area contributed by atoms with E-state index in [0.717, 1.165) is 0 Å². The molecule has 3 N–H and O–H groups in total. The fourth-order valence-corrected chi connectivity index (χ4v) is 1.32. The van der Waals surface area contributed by atoms with Crippen LogP contribution in [0.4, 0.5) is 5.69 Å². The molecule has 5 heteroatoms. The number of pyridine rings is 1. The Morgan fingerprint density at radius 2 is 2.19 bits per heavy atom. The molecule has 5 nitrogen and oxygen atoms in total. The normalized spacial score (nSPS) is 10.9. The average molecular weight is 221 g/mol. The smallest absolute Gasteiger partial charge is 0.163 e. The van der Waals surface area contributed by atoms with Gasteiger partial charge in [-0.25, -0.2) is 4.98 Å². The fourth-order valence-electron chi connectivity index (χ4n) is 1.32. The summed E-state index contributed by atoms with van der Waals surface area (Å²) >= 11 is 0. The Morgan fingerprint density at radius 3 is 2.69 bits per heavy atom. The summed E-state index contributed by atoms with van der Waals surface area (Å²) in [5.74, 6) is 0. The molecule has 0 saturated carbocycles. The highest BCUT2D eigenvalue weighted by Gasteiger charge is 2.27. The van der Waals surface area contributed by atoms with E-state index in [0.29, 0.717) is 12.1 Å². The number of aromatic nitrogens is 1. The molecule has 86 valence electrons. The van der Waals surface area contributed by atoms with Gasteiger partial charge in [-0.1, -0.05) is 6.92 Å². The van der Waals surface area contributed by atoms with Gasteiger partial charge in [0.25, 0.3) is 0 Å². The molecule has 1 aromatic rings. The molecular formula is C11H15N3O2. The molecule has 0 fully saturated rings. The third-order valence-corrected chi connectivity index (χ3v) is 2.60. The van der Waals surface area contributed by atoms with Gasteiger partial charge in [-0.15, -0.1) is 0 Å². The van der Waals surface area contributed by atoms with E-state index >= 15 is 0 Å². The standard InChI is InChI=1S/C11H15N3O2/c1-2-11(7-15,8-16)14-9-4-3-5-13-10(9)6-12/h3-5,14-16H,2,7-8H2,1H3. The van der Waals surface area contributed by atoms with Crippen LogP contribution in [0.15, 0.2) is 18.3 Å². The third kappa shape index (κ3) is 2.48. The lowest BCUT2D eigenvalue weighted by Gasteiger charge is -2.30. The summed E-state index contributed by atoms with van der Waals surface area (Å²) in [6, 6.07) is 5.34. The molecule has 0 aliphatic heterocycles. The molecule has 1 aromatic heterocycles. The average Bonchev–Trinajstić information content (AvgIpc) is 2.36. The molecule has 0 aliphatic rings. The molecule has 0 unspecified atom stereocenters. The van der Waals surface area contributed by atoms with Gasteiger partial charge in [0.1, 0.15) is 6.07 Å². The van der Waals surface area contributed by atoms with Gasteiger partial charge in [0, 0.05) is 6.20 Å². The topological polar surface area (TPSA) is 89.2 Å². The van der Waals surface area contributed by atoms with Crippen LogP contribution in [0.2, 0.25) is 0 Å². The largest absolute Gasteiger partial charge is 0.394 e. The second-order valence-corrected chi connectivity index (χ2v) is 3.59. The van der Waals surface area contributed by atoms with E-state index in [2.05, 4.69) is 10.3 Å². The van der Waals surface area contributed by atoms with Gasteiger partial charge in [-0.2, -0.15) is 5.26 Å². The number of nitrogens with one attached hydrogen (secondary N) is 1. The van der Waals surface area contributed by atoms with Crippen molar-refractivity contribution in [2.24, 2.45) is 0 Å². The first-order chi connectivity index (χ1) is 7.71. The monoisotopic (exact) mass is 221 g/mol. The van der Waals surface area contributed by atoms with Crippen molar-refractivity contribution in [1.29, 1.82) is 5.26 Å². The van der Waals surface area contributed by atoms with Crippen LogP contribution < -0.4 is 5.32 Å². The highest BCUT2D eigenvalue weighted by atomic mass is 16.3. The van der Waals surface area contributed by atoms with Crippen LogP contribution in [-0.4, -0.2) is 33.9 Å². The SMILES string of the molecule is CCC(CO)(CO)Nc1cccnc1C#N. The zero-order valence-electron chi connectivity index (χ0n) is 9.14. The Kier molecular flexibility index (Phi) is 4.23. The first kappa shape index (κ1) is 12.4. The highest BCUT2D eigenvalue weighted by molar-refractivity contribution is 5.55. The predicted octanol–water partition coefficient (Wildman–Crippen LogP) is 0.499. The number of aliphatic hydroxyl groups is 2. The van der Waals surface area contributed by atoms with Gasteiger partial charge in [-0.3, -0.25) is 0 Å². The Morgan fingerprint density at radius 1 is 1.50 bits per heavy atom. The molecule has 0 aromatic carbocycles. The fraction of sp³-hybridized carbons (Fsp3) is 0.455. The summed E-state index contributed by atoms with van der Waals surface area (Å²) in [4.78, 5) is 3.90. The summed E-state index contributed by atoms with van der Waals surface area (Å²) in [6.45, 7) is 1.43. The second-order valence-electron chi connectivity index (χ2n) is 3.59. The van der Waals surface area contributed by atoms with E-state index in [1.165, 1.54) is 6.20 Å². The van der Waals surface area contributed by atoms with Crippen LogP contribution in [0.1, 0.15) is 19.0 Å². The Hall–Kier alpha value is -1.64. The number of nitrogens with zero attached hydrogens (tertiary/aromatic N) is 2. The lowest BCUT2D eigenvalue weighted by atomic mass is 9.98. The van der Waals surface area contributed by atoms with E-state index in [4.69, 9.17) is 5.26 Å². The number of hydrogen-bond acceptors (Lipinski definition) is 5. The molecule has 0 atom stereocenters. The minimum absolute atomic E-state index is 0.209. The maximum atomic E-state index is 9.28. The molecule has 0 bridgehead atoms. The predicted molar refractivity (Wildman–Crippen MR) is 59.8 cm³/mol. The van der Waals surface area contributed by atoms with Crippen LogP contribution in [0, 0.1) is 11.3 Å². The van der Waals surface area contributed by atoms with Crippen LogP contribution in [-0.2, 0) is 0 Å². The molecule has 1 rings (SSSR count). The minimum Gasteiger partial charge on any atom is -0.394 e. The third-order valence-electron chi connectivity index (χ3n) is 2.60. The highest BCUT2D eigenvalue weighted by Crippen LogP contribution is 2.20. The van der Waals surface area contributed by atoms with E-state index in [9.17, 15) is 10.2 Å². The molecule has 0 aliphatic carbocycles. The molecule has 0 radical (unpaired) electrons. The summed E-state index contributed by atoms with van der Waals surface area (Å²) in [7, 11) is 0. The maximum absolute atomic E-state index is 9.28. The van der Waals surface area contributed by atoms with E-state index in [1.807, 2.05) is 13.0 Å². The Bertz CT molecular complexity index is 375. The van der Waals surface area contributed by atoms with Crippen molar-refractivity contribution in [3.05, 3.63) is 24.0 Å². The first-order valence-corrected chi connectivity index (χ1v) is 5.06. The van der Waals surface area contributed by atoms with Gasteiger partial charge in [0.05, 0.1) is 24.4 Å². The molecule has 0 amide bonds. The summed E-state index contributed by atoms with van der Waals surface area (Å²) in [6.07, 6.45) is 2.06. The van der Waals surface area contributed by atoms with Gasteiger partial charge in [-0.05, 0) is 18.6 Å². The van der Waals surface area contributed by atoms with Crippen molar-refractivity contribution < 1.29 is 10.2 Å². The Balaban J connectivity index is 2.99. The molecule has 0 saturated heterocycles. The molecule has 0 spiro atoms. The number of anilines is 1. The van der Waals surface area contributed by atoms with Crippen LogP contribution >= 0.6 is 0 Å². The van der Waals surface area contributed by atoms with E-state index in [1.54, 1.807) is 12.1 Å². The van der Waals surface area contributed by atoms with Crippen molar-refractivity contribution >= 4 is 5.69 Å². The zero-order valence-corrected chi connectivity index (χ0v) is 9.14. The molecule has 1 heterocycles.